The SMILES string of the molecule is COc1c(CO)cc(Cl)cc1S(=O)(=O)Nc1ccc(F)c(C#Cc2cnc(N[C@H]3CC[C@@H](O)CC3)nc2)c1F. The number of hydrogen-bond acceptors (Lipinski definition) is 8. The van der Waals surface area contributed by atoms with Gasteiger partial charge in [-0.25, -0.2) is 27.2 Å². The van der Waals surface area contributed by atoms with Crippen LogP contribution in [0.4, 0.5) is 20.4 Å². The molecule has 13 heteroatoms. The van der Waals surface area contributed by atoms with E-state index in [0.717, 1.165) is 31.0 Å². The highest BCUT2D eigenvalue weighted by Crippen LogP contribution is 2.34. The Balaban J connectivity index is 1.56. The van der Waals surface area contributed by atoms with E-state index in [1.165, 1.54) is 25.6 Å². The molecule has 0 saturated heterocycles. The minimum atomic E-state index is -4.47. The largest absolute Gasteiger partial charge is 0.495 e. The molecule has 1 heterocycles. The zero-order valence-corrected chi connectivity index (χ0v) is 22.3. The van der Waals surface area contributed by atoms with Crippen LogP contribution in [0.15, 0.2) is 41.6 Å². The minimum Gasteiger partial charge on any atom is -0.495 e. The first-order valence-corrected chi connectivity index (χ1v) is 13.7. The Labute approximate surface area is 229 Å². The normalized spacial score (nSPS) is 17.2. The molecule has 0 spiro atoms. The minimum absolute atomic E-state index is 0.00679. The van der Waals surface area contributed by atoms with Crippen LogP contribution in [0.3, 0.4) is 0 Å². The molecule has 4 N–H and O–H groups in total. The summed E-state index contributed by atoms with van der Waals surface area (Å²) in [4.78, 5) is 7.92. The van der Waals surface area contributed by atoms with Crippen LogP contribution in [0, 0.1) is 23.5 Å². The van der Waals surface area contributed by atoms with Crippen LogP contribution in [0.25, 0.3) is 0 Å². The van der Waals surface area contributed by atoms with E-state index in [4.69, 9.17) is 16.3 Å². The summed E-state index contributed by atoms with van der Waals surface area (Å²) in [6, 6.07) is 4.36. The second-order valence-electron chi connectivity index (χ2n) is 8.84. The zero-order chi connectivity index (χ0) is 28.2. The van der Waals surface area contributed by atoms with Crippen molar-refractivity contribution in [3.05, 3.63) is 70.0 Å². The van der Waals surface area contributed by atoms with Crippen molar-refractivity contribution in [1.29, 1.82) is 0 Å². The summed E-state index contributed by atoms with van der Waals surface area (Å²) in [6.07, 6.45) is 5.48. The number of benzene rings is 2. The fraction of sp³-hybridized carbons (Fsp3) is 0.308. The molecule has 39 heavy (non-hydrogen) atoms. The van der Waals surface area contributed by atoms with Gasteiger partial charge in [0.25, 0.3) is 10.0 Å². The Hall–Kier alpha value is -3.50. The van der Waals surface area contributed by atoms with Crippen molar-refractivity contribution in [1.82, 2.24) is 9.97 Å². The van der Waals surface area contributed by atoms with Crippen molar-refractivity contribution in [3.8, 4) is 17.6 Å². The predicted molar refractivity (Wildman–Crippen MR) is 141 cm³/mol. The molecule has 1 fully saturated rings. The number of anilines is 2. The molecular formula is C26H25ClF2N4O5S. The average Bonchev–Trinajstić information content (AvgIpc) is 2.92. The molecule has 0 unspecified atom stereocenters. The van der Waals surface area contributed by atoms with E-state index in [1.807, 2.05) is 0 Å². The van der Waals surface area contributed by atoms with Crippen molar-refractivity contribution in [2.45, 2.75) is 49.3 Å². The number of nitrogens with zero attached hydrogens (tertiary/aromatic N) is 2. The van der Waals surface area contributed by atoms with Crippen LogP contribution in [0.2, 0.25) is 5.02 Å². The number of aliphatic hydroxyl groups is 2. The van der Waals surface area contributed by atoms with Gasteiger partial charge >= 0.3 is 0 Å². The summed E-state index contributed by atoms with van der Waals surface area (Å²) in [7, 11) is -3.26. The number of aliphatic hydroxyl groups excluding tert-OH is 2. The molecule has 0 radical (unpaired) electrons. The van der Waals surface area contributed by atoms with Gasteiger partial charge < -0.3 is 20.3 Å². The van der Waals surface area contributed by atoms with Crippen LogP contribution in [0.1, 0.15) is 42.4 Å². The zero-order valence-electron chi connectivity index (χ0n) is 20.7. The average molecular weight is 579 g/mol. The molecule has 3 aromatic rings. The van der Waals surface area contributed by atoms with Gasteiger partial charge in [0.05, 0.1) is 36.6 Å². The van der Waals surface area contributed by atoms with Gasteiger partial charge in [0.15, 0.2) is 5.82 Å². The van der Waals surface area contributed by atoms with E-state index in [2.05, 4.69) is 31.8 Å². The lowest BCUT2D eigenvalue weighted by Crippen LogP contribution is -2.28. The van der Waals surface area contributed by atoms with Gasteiger partial charge in [0.1, 0.15) is 16.5 Å². The highest BCUT2D eigenvalue weighted by atomic mass is 35.5. The number of aromatic nitrogens is 2. The lowest BCUT2D eigenvalue weighted by atomic mass is 9.93. The van der Waals surface area contributed by atoms with Crippen molar-refractivity contribution in [2.75, 3.05) is 17.1 Å². The third kappa shape index (κ3) is 6.75. The molecule has 1 aliphatic rings. The first-order valence-electron chi connectivity index (χ1n) is 11.9. The molecule has 1 saturated carbocycles. The van der Waals surface area contributed by atoms with Crippen LogP contribution < -0.4 is 14.8 Å². The Morgan fingerprint density at radius 3 is 2.46 bits per heavy atom. The van der Waals surface area contributed by atoms with Gasteiger partial charge in [-0.3, -0.25) is 4.72 Å². The third-order valence-corrected chi connectivity index (χ3v) is 7.70. The number of rotatable bonds is 7. The highest BCUT2D eigenvalue weighted by molar-refractivity contribution is 7.92. The summed E-state index contributed by atoms with van der Waals surface area (Å²) in [6.45, 7) is -0.553. The van der Waals surface area contributed by atoms with E-state index >= 15 is 4.39 Å². The van der Waals surface area contributed by atoms with E-state index in [1.54, 1.807) is 0 Å². The van der Waals surface area contributed by atoms with Gasteiger partial charge in [0.2, 0.25) is 5.95 Å². The van der Waals surface area contributed by atoms with Crippen molar-refractivity contribution in [3.63, 3.8) is 0 Å². The van der Waals surface area contributed by atoms with Crippen LogP contribution in [0.5, 0.6) is 5.75 Å². The number of hydrogen-bond donors (Lipinski definition) is 4. The maximum absolute atomic E-state index is 15.2. The summed E-state index contributed by atoms with van der Waals surface area (Å²) in [5, 5.41) is 22.3. The van der Waals surface area contributed by atoms with Crippen molar-refractivity contribution < 1.29 is 32.1 Å². The van der Waals surface area contributed by atoms with Gasteiger partial charge in [-0.15, -0.1) is 0 Å². The molecule has 4 rings (SSSR count). The second kappa shape index (κ2) is 12.1. The van der Waals surface area contributed by atoms with Crippen LogP contribution >= 0.6 is 11.6 Å². The lowest BCUT2D eigenvalue weighted by molar-refractivity contribution is 0.126. The fourth-order valence-electron chi connectivity index (χ4n) is 4.12. The van der Waals surface area contributed by atoms with Gasteiger partial charge in [-0.1, -0.05) is 23.4 Å². The summed E-state index contributed by atoms with van der Waals surface area (Å²) in [5.74, 6) is 2.94. The van der Waals surface area contributed by atoms with Crippen molar-refractivity contribution in [2.24, 2.45) is 0 Å². The molecule has 0 bridgehead atoms. The van der Waals surface area contributed by atoms with E-state index in [9.17, 15) is 23.0 Å². The maximum atomic E-state index is 15.2. The van der Waals surface area contributed by atoms with Gasteiger partial charge in [-0.2, -0.15) is 0 Å². The number of ether oxygens (including phenoxy) is 1. The number of nitrogens with one attached hydrogen (secondary N) is 2. The van der Waals surface area contributed by atoms with Crippen LogP contribution in [-0.2, 0) is 16.6 Å². The number of methoxy groups -OCH3 is 1. The maximum Gasteiger partial charge on any atom is 0.265 e. The third-order valence-electron chi connectivity index (χ3n) is 6.11. The predicted octanol–water partition coefficient (Wildman–Crippen LogP) is 3.83. The Morgan fingerprint density at radius 1 is 1.13 bits per heavy atom. The van der Waals surface area contributed by atoms with Crippen molar-refractivity contribution >= 4 is 33.3 Å². The fourth-order valence-corrected chi connectivity index (χ4v) is 5.72. The first kappa shape index (κ1) is 28.5. The van der Waals surface area contributed by atoms with E-state index in [0.29, 0.717) is 18.8 Å². The summed E-state index contributed by atoms with van der Waals surface area (Å²) >= 11 is 5.98. The highest BCUT2D eigenvalue weighted by Gasteiger charge is 2.25. The monoisotopic (exact) mass is 578 g/mol. The standard InChI is InChI=1S/C26H25ClF2N4O5S/c1-38-25-16(14-34)10-17(27)11-23(25)39(36,37)33-22-9-8-21(28)20(24(22)29)7-2-15-12-30-26(31-13-15)32-18-3-5-19(35)6-4-18/h8-13,18-19,33-35H,3-6,14H2,1H3,(H,30,31,32)/t18-,19+. The van der Waals surface area contributed by atoms with E-state index < -0.39 is 44.4 Å². The number of sulfonamides is 1. The van der Waals surface area contributed by atoms with Gasteiger partial charge in [-0.05, 0) is 49.9 Å². The van der Waals surface area contributed by atoms with Crippen LogP contribution in [-0.4, -0.2) is 47.9 Å². The Morgan fingerprint density at radius 2 is 1.82 bits per heavy atom. The lowest BCUT2D eigenvalue weighted by Gasteiger charge is -2.25. The first-order chi connectivity index (χ1) is 18.6. The smallest absolute Gasteiger partial charge is 0.265 e. The molecule has 9 nitrogen and oxygen atoms in total. The molecule has 206 valence electrons. The van der Waals surface area contributed by atoms with Gasteiger partial charge in [0, 0.05) is 29.0 Å². The molecule has 0 atom stereocenters. The summed E-state index contributed by atoms with van der Waals surface area (Å²) < 4.78 is 63.0. The molecule has 0 aliphatic heterocycles. The topological polar surface area (TPSA) is 134 Å². The Kier molecular flexibility index (Phi) is 8.87. The molecule has 1 aliphatic carbocycles. The molecular weight excluding hydrogens is 554 g/mol. The van der Waals surface area contributed by atoms with E-state index in [-0.39, 0.29) is 34.0 Å². The number of halogens is 3. The molecule has 1 aromatic heterocycles. The summed E-state index contributed by atoms with van der Waals surface area (Å²) in [5.41, 5.74) is -0.823. The Bertz CT molecular complexity index is 1520. The molecule has 2 aromatic carbocycles. The molecule has 0 amide bonds. The second-order valence-corrected chi connectivity index (χ2v) is 10.9. The quantitative estimate of drug-likeness (QED) is 0.311.